The summed E-state index contributed by atoms with van der Waals surface area (Å²) < 4.78 is 0. The molecule has 1 aliphatic heterocycles. The number of aromatic nitrogens is 2. The Balaban J connectivity index is 1.54. The first kappa shape index (κ1) is 20.3. The molecule has 2 atom stereocenters. The van der Waals surface area contributed by atoms with Crippen molar-refractivity contribution in [3.05, 3.63) is 48.7 Å². The van der Waals surface area contributed by atoms with Crippen molar-refractivity contribution < 1.29 is 4.79 Å². The van der Waals surface area contributed by atoms with Crippen molar-refractivity contribution in [1.29, 1.82) is 0 Å². The number of hydrogen-bond acceptors (Lipinski definition) is 5. The van der Waals surface area contributed by atoms with Gasteiger partial charge in [-0.05, 0) is 57.9 Å². The molecule has 3 aromatic rings. The van der Waals surface area contributed by atoms with E-state index in [9.17, 15) is 4.79 Å². The molecule has 158 valence electrons. The smallest absolute Gasteiger partial charge is 0.151 e. The number of benzene rings is 1. The summed E-state index contributed by atoms with van der Waals surface area (Å²) in [4.78, 5) is 24.6. The lowest BCUT2D eigenvalue weighted by Crippen LogP contribution is -2.50. The Hall–Kier alpha value is -3.02. The van der Waals surface area contributed by atoms with Crippen LogP contribution in [0, 0.1) is 0 Å². The molecule has 0 radical (unpaired) electrons. The van der Waals surface area contributed by atoms with Gasteiger partial charge < -0.3 is 24.9 Å². The number of fused-ring (bicyclic) bond motifs is 1. The van der Waals surface area contributed by atoms with Gasteiger partial charge in [0.2, 0.25) is 0 Å². The topological polar surface area (TPSA) is 64.3 Å². The zero-order valence-corrected chi connectivity index (χ0v) is 18.2. The van der Waals surface area contributed by atoms with E-state index in [1.54, 1.807) is 0 Å². The van der Waals surface area contributed by atoms with E-state index in [0.717, 1.165) is 48.5 Å². The lowest BCUT2D eigenvalue weighted by atomic mass is 9.96. The molecule has 1 aliphatic rings. The van der Waals surface area contributed by atoms with Crippen molar-refractivity contribution >= 4 is 34.5 Å². The third-order valence-corrected chi connectivity index (χ3v) is 5.78. The fraction of sp³-hybridized carbons (Fsp3) is 0.417. The van der Waals surface area contributed by atoms with Gasteiger partial charge in [-0.1, -0.05) is 18.2 Å². The Morgan fingerprint density at radius 3 is 2.77 bits per heavy atom. The van der Waals surface area contributed by atoms with Crippen LogP contribution in [0.15, 0.2) is 48.7 Å². The van der Waals surface area contributed by atoms with Crippen LogP contribution in [0.3, 0.4) is 0 Å². The second-order valence-corrected chi connectivity index (χ2v) is 9.18. The largest absolute Gasteiger partial charge is 0.377 e. The molecule has 0 amide bonds. The molecule has 2 N–H and O–H groups in total. The van der Waals surface area contributed by atoms with Crippen molar-refractivity contribution in [1.82, 2.24) is 9.97 Å². The molecule has 6 nitrogen and oxygen atoms in total. The number of nitrogens with one attached hydrogen (secondary N) is 2. The van der Waals surface area contributed by atoms with Gasteiger partial charge in [-0.25, -0.2) is 4.98 Å². The third-order valence-electron chi connectivity index (χ3n) is 5.78. The van der Waals surface area contributed by atoms with Crippen molar-refractivity contribution in [3.8, 4) is 0 Å². The molecule has 0 bridgehead atoms. The fourth-order valence-electron chi connectivity index (χ4n) is 4.32. The maximum Gasteiger partial charge on any atom is 0.151 e. The maximum atomic E-state index is 12.0. The SMILES string of the molecule is CN(c1ncccc1NC(C)(C)C)C1CCN(c2cc3ccccc3[nH]2)C(C=O)C1. The van der Waals surface area contributed by atoms with Gasteiger partial charge >= 0.3 is 0 Å². The summed E-state index contributed by atoms with van der Waals surface area (Å²) in [5, 5.41) is 4.72. The summed E-state index contributed by atoms with van der Waals surface area (Å²) in [7, 11) is 2.08. The van der Waals surface area contributed by atoms with Crippen LogP contribution in [0.5, 0.6) is 0 Å². The molecule has 6 heteroatoms. The van der Waals surface area contributed by atoms with E-state index in [0.29, 0.717) is 0 Å². The predicted octanol–water partition coefficient (Wildman–Crippen LogP) is 4.45. The van der Waals surface area contributed by atoms with Gasteiger partial charge in [0.1, 0.15) is 12.1 Å². The number of H-pyrrole nitrogens is 1. The molecule has 4 rings (SSSR count). The lowest BCUT2D eigenvalue weighted by Gasteiger charge is -2.41. The van der Waals surface area contributed by atoms with Gasteiger partial charge in [0, 0.05) is 42.3 Å². The van der Waals surface area contributed by atoms with E-state index in [2.05, 4.69) is 77.2 Å². The first-order chi connectivity index (χ1) is 14.4. The molecule has 0 saturated carbocycles. The van der Waals surface area contributed by atoms with E-state index >= 15 is 0 Å². The Morgan fingerprint density at radius 2 is 2.03 bits per heavy atom. The van der Waals surface area contributed by atoms with E-state index in [1.165, 1.54) is 5.39 Å². The molecule has 1 aromatic carbocycles. The highest BCUT2D eigenvalue weighted by Gasteiger charge is 2.32. The number of aromatic amines is 1. The highest BCUT2D eigenvalue weighted by molar-refractivity contribution is 5.85. The first-order valence-corrected chi connectivity index (χ1v) is 10.6. The highest BCUT2D eigenvalue weighted by atomic mass is 16.1. The summed E-state index contributed by atoms with van der Waals surface area (Å²) in [6, 6.07) is 14.5. The number of nitrogens with zero attached hydrogens (tertiary/aromatic N) is 3. The molecular weight excluding hydrogens is 374 g/mol. The van der Waals surface area contributed by atoms with Gasteiger partial charge in [0.15, 0.2) is 5.82 Å². The highest BCUT2D eigenvalue weighted by Crippen LogP contribution is 2.32. The molecule has 3 heterocycles. The molecule has 30 heavy (non-hydrogen) atoms. The molecule has 2 unspecified atom stereocenters. The van der Waals surface area contributed by atoms with Gasteiger partial charge in [-0.3, -0.25) is 0 Å². The second kappa shape index (κ2) is 8.01. The molecule has 1 fully saturated rings. The Morgan fingerprint density at radius 1 is 1.23 bits per heavy atom. The average molecular weight is 406 g/mol. The predicted molar refractivity (Wildman–Crippen MR) is 125 cm³/mol. The van der Waals surface area contributed by atoms with E-state index in [4.69, 9.17) is 0 Å². The van der Waals surface area contributed by atoms with Crippen LogP contribution in [-0.4, -0.2) is 47.5 Å². The zero-order valence-electron chi connectivity index (χ0n) is 18.2. The van der Waals surface area contributed by atoms with Crippen molar-refractivity contribution in [2.45, 2.75) is 51.2 Å². The summed E-state index contributed by atoms with van der Waals surface area (Å²) in [5.74, 6) is 1.95. The van der Waals surface area contributed by atoms with Crippen LogP contribution in [0.2, 0.25) is 0 Å². The average Bonchev–Trinajstić information content (AvgIpc) is 3.16. The number of pyridine rings is 1. The van der Waals surface area contributed by atoms with Crippen LogP contribution in [0.4, 0.5) is 17.3 Å². The third kappa shape index (κ3) is 4.13. The molecule has 1 saturated heterocycles. The lowest BCUT2D eigenvalue weighted by molar-refractivity contribution is -0.109. The molecular formula is C24H31N5O. The number of rotatable bonds is 5. The van der Waals surface area contributed by atoms with Crippen LogP contribution in [0.25, 0.3) is 10.9 Å². The van der Waals surface area contributed by atoms with Crippen molar-refractivity contribution in [2.75, 3.05) is 28.7 Å². The quantitative estimate of drug-likeness (QED) is 0.614. The number of carbonyl (C=O) groups excluding carboxylic acids is 1. The minimum atomic E-state index is -0.165. The standard InChI is InChI=1S/C24H31N5O/c1-24(2,3)27-21-10-7-12-25-23(21)28(4)18-11-13-29(19(15-18)16-30)22-14-17-8-5-6-9-20(17)26-22/h5-10,12,14,16,18-19,26-27H,11,13,15H2,1-4H3. The van der Waals surface area contributed by atoms with Crippen LogP contribution in [0.1, 0.15) is 33.6 Å². The monoisotopic (exact) mass is 405 g/mol. The number of aldehydes is 1. The Kier molecular flexibility index (Phi) is 5.41. The second-order valence-electron chi connectivity index (χ2n) is 9.18. The normalized spacial score (nSPS) is 19.7. The van der Waals surface area contributed by atoms with Gasteiger partial charge in [0.25, 0.3) is 0 Å². The Labute approximate surface area is 178 Å². The number of para-hydroxylation sites is 1. The summed E-state index contributed by atoms with van der Waals surface area (Å²) in [6.07, 6.45) is 4.64. The van der Waals surface area contributed by atoms with Gasteiger partial charge in [0.05, 0.1) is 11.7 Å². The molecule has 0 spiro atoms. The zero-order chi connectivity index (χ0) is 21.3. The summed E-state index contributed by atoms with van der Waals surface area (Å²) in [6.45, 7) is 7.25. The summed E-state index contributed by atoms with van der Waals surface area (Å²) in [5.41, 5.74) is 2.07. The van der Waals surface area contributed by atoms with Crippen LogP contribution < -0.4 is 15.1 Å². The van der Waals surface area contributed by atoms with Crippen LogP contribution >= 0.6 is 0 Å². The van der Waals surface area contributed by atoms with Crippen molar-refractivity contribution in [3.63, 3.8) is 0 Å². The van der Waals surface area contributed by atoms with E-state index < -0.39 is 0 Å². The number of piperidine rings is 1. The molecule has 2 aromatic heterocycles. The van der Waals surface area contributed by atoms with E-state index in [-0.39, 0.29) is 17.6 Å². The Bertz CT molecular complexity index is 989. The number of anilines is 3. The molecule has 0 aliphatic carbocycles. The number of carbonyl (C=O) groups is 1. The number of hydrogen-bond donors (Lipinski definition) is 2. The van der Waals surface area contributed by atoms with Gasteiger partial charge in [-0.2, -0.15) is 0 Å². The van der Waals surface area contributed by atoms with Crippen molar-refractivity contribution in [2.24, 2.45) is 0 Å². The maximum absolute atomic E-state index is 12.0. The summed E-state index contributed by atoms with van der Waals surface area (Å²) >= 11 is 0. The van der Waals surface area contributed by atoms with Gasteiger partial charge in [-0.15, -0.1) is 0 Å². The fourth-order valence-corrected chi connectivity index (χ4v) is 4.32. The minimum Gasteiger partial charge on any atom is -0.377 e. The van der Waals surface area contributed by atoms with E-state index in [1.807, 2.05) is 24.4 Å². The first-order valence-electron chi connectivity index (χ1n) is 10.6. The van der Waals surface area contributed by atoms with Crippen LogP contribution in [-0.2, 0) is 4.79 Å². The minimum absolute atomic E-state index is 0.0526.